The van der Waals surface area contributed by atoms with Crippen LogP contribution in [-0.4, -0.2) is 15.0 Å². The van der Waals surface area contributed by atoms with Crippen LogP contribution in [0.4, 0.5) is 0 Å². The Bertz CT molecular complexity index is 3560. The molecule has 294 valence electrons. The van der Waals surface area contributed by atoms with Gasteiger partial charge in [0.25, 0.3) is 0 Å². The van der Waals surface area contributed by atoms with Gasteiger partial charge in [-0.25, -0.2) is 15.0 Å². The maximum Gasteiger partial charge on any atom is 0.164 e. The lowest BCUT2D eigenvalue weighted by atomic mass is 9.65. The molecule has 5 nitrogen and oxygen atoms in total. The molecule has 1 spiro atoms. The average Bonchev–Trinajstić information content (AvgIpc) is 3.88. The molecule has 2 aliphatic rings. The number of para-hydroxylation sites is 3. The van der Waals surface area contributed by atoms with E-state index >= 15 is 0 Å². The molecule has 63 heavy (non-hydrogen) atoms. The molecule has 0 amide bonds. The van der Waals surface area contributed by atoms with Crippen LogP contribution < -0.4 is 4.74 Å². The molecule has 0 atom stereocenters. The largest absolute Gasteiger partial charge is 0.457 e. The molecule has 0 N–H and O–H groups in total. The van der Waals surface area contributed by atoms with Gasteiger partial charge in [-0.3, -0.25) is 0 Å². The molecule has 0 unspecified atom stereocenters. The average molecular weight is 806 g/mol. The van der Waals surface area contributed by atoms with Crippen LogP contribution in [0.3, 0.4) is 0 Å². The zero-order valence-electron chi connectivity index (χ0n) is 33.9. The monoisotopic (exact) mass is 805 g/mol. The number of benzene rings is 9. The molecule has 0 saturated heterocycles. The number of fused-ring (bicyclic) bond motifs is 12. The zero-order valence-corrected chi connectivity index (χ0v) is 33.9. The van der Waals surface area contributed by atoms with E-state index in [1.165, 1.54) is 22.3 Å². The summed E-state index contributed by atoms with van der Waals surface area (Å²) < 4.78 is 13.2. The Morgan fingerprint density at radius 1 is 0.317 bits per heavy atom. The number of furan rings is 1. The second-order valence-electron chi connectivity index (χ2n) is 16.2. The smallest absolute Gasteiger partial charge is 0.164 e. The maximum atomic E-state index is 6.76. The van der Waals surface area contributed by atoms with Crippen LogP contribution in [0.1, 0.15) is 22.3 Å². The van der Waals surface area contributed by atoms with Crippen LogP contribution in [0.25, 0.3) is 89.5 Å². The topological polar surface area (TPSA) is 61.0 Å². The molecule has 13 rings (SSSR count). The molecule has 0 fully saturated rings. The van der Waals surface area contributed by atoms with E-state index in [-0.39, 0.29) is 0 Å². The van der Waals surface area contributed by atoms with Crippen LogP contribution in [0.2, 0.25) is 0 Å². The third-order valence-electron chi connectivity index (χ3n) is 12.9. The molecule has 0 bridgehead atoms. The quantitative estimate of drug-likeness (QED) is 0.173. The van der Waals surface area contributed by atoms with Gasteiger partial charge in [-0.2, -0.15) is 0 Å². The van der Waals surface area contributed by atoms with Crippen LogP contribution in [0, 0.1) is 0 Å². The van der Waals surface area contributed by atoms with Crippen LogP contribution in [-0.2, 0) is 5.41 Å². The Morgan fingerprint density at radius 3 is 1.60 bits per heavy atom. The summed E-state index contributed by atoms with van der Waals surface area (Å²) in [5.41, 5.74) is 15.3. The first-order chi connectivity index (χ1) is 31.2. The molecule has 0 radical (unpaired) electrons. The van der Waals surface area contributed by atoms with Crippen molar-refractivity contribution in [3.63, 3.8) is 0 Å². The molecule has 1 aliphatic carbocycles. The van der Waals surface area contributed by atoms with E-state index in [0.29, 0.717) is 17.5 Å². The second kappa shape index (κ2) is 13.8. The number of hydrogen-bond acceptors (Lipinski definition) is 5. The van der Waals surface area contributed by atoms with Crippen LogP contribution >= 0.6 is 0 Å². The first-order valence-electron chi connectivity index (χ1n) is 21.3. The lowest BCUT2D eigenvalue weighted by molar-refractivity contribution is 0.436. The highest BCUT2D eigenvalue weighted by Gasteiger charge is 2.51. The summed E-state index contributed by atoms with van der Waals surface area (Å²) in [6, 6.07) is 74.2. The molecule has 0 saturated carbocycles. The van der Waals surface area contributed by atoms with E-state index in [9.17, 15) is 0 Å². The minimum atomic E-state index is -0.578. The summed E-state index contributed by atoms with van der Waals surface area (Å²) in [4.78, 5) is 15.5. The molecular weight excluding hydrogens is 771 g/mol. The lowest BCUT2D eigenvalue weighted by Gasteiger charge is -2.39. The Balaban J connectivity index is 0.964. The van der Waals surface area contributed by atoms with E-state index in [2.05, 4.69) is 170 Å². The van der Waals surface area contributed by atoms with Gasteiger partial charge in [0.15, 0.2) is 17.5 Å². The molecule has 5 heteroatoms. The first kappa shape index (κ1) is 35.4. The van der Waals surface area contributed by atoms with Crippen molar-refractivity contribution in [3.05, 3.63) is 235 Å². The van der Waals surface area contributed by atoms with Gasteiger partial charge in [0, 0.05) is 44.2 Å². The zero-order chi connectivity index (χ0) is 41.5. The molecule has 11 aromatic rings. The molecule has 2 aromatic heterocycles. The van der Waals surface area contributed by atoms with Crippen molar-refractivity contribution in [2.75, 3.05) is 0 Å². The fourth-order valence-electron chi connectivity index (χ4n) is 10.1. The highest BCUT2D eigenvalue weighted by atomic mass is 16.5. The van der Waals surface area contributed by atoms with Crippen LogP contribution in [0.5, 0.6) is 11.5 Å². The Hall–Kier alpha value is -8.41. The maximum absolute atomic E-state index is 6.76. The number of hydrogen-bond donors (Lipinski definition) is 0. The third-order valence-corrected chi connectivity index (χ3v) is 12.9. The van der Waals surface area contributed by atoms with Gasteiger partial charge < -0.3 is 9.15 Å². The number of aromatic nitrogens is 3. The minimum absolute atomic E-state index is 0.578. The Kier molecular flexibility index (Phi) is 7.75. The summed E-state index contributed by atoms with van der Waals surface area (Å²) >= 11 is 0. The van der Waals surface area contributed by atoms with E-state index in [0.717, 1.165) is 83.5 Å². The number of ether oxygens (including phenoxy) is 1. The van der Waals surface area contributed by atoms with Gasteiger partial charge in [0.05, 0.1) is 5.41 Å². The summed E-state index contributed by atoms with van der Waals surface area (Å²) in [7, 11) is 0. The molecular formula is C58H35N3O2. The van der Waals surface area contributed by atoms with E-state index in [4.69, 9.17) is 24.1 Å². The summed E-state index contributed by atoms with van der Waals surface area (Å²) in [5, 5.41) is 2.21. The van der Waals surface area contributed by atoms with Crippen molar-refractivity contribution < 1.29 is 9.15 Å². The fourth-order valence-corrected chi connectivity index (χ4v) is 10.1. The van der Waals surface area contributed by atoms with Gasteiger partial charge in [0.2, 0.25) is 0 Å². The van der Waals surface area contributed by atoms with Crippen molar-refractivity contribution in [3.8, 4) is 79.0 Å². The summed E-state index contributed by atoms with van der Waals surface area (Å²) in [6.45, 7) is 0. The normalized spacial score (nSPS) is 13.0. The van der Waals surface area contributed by atoms with Crippen LogP contribution in [0.15, 0.2) is 217 Å². The minimum Gasteiger partial charge on any atom is -0.457 e. The predicted octanol–water partition coefficient (Wildman–Crippen LogP) is 14.6. The van der Waals surface area contributed by atoms with E-state index in [1.54, 1.807) is 0 Å². The van der Waals surface area contributed by atoms with Gasteiger partial charge in [0.1, 0.15) is 22.7 Å². The van der Waals surface area contributed by atoms with E-state index < -0.39 is 5.41 Å². The highest BCUT2D eigenvalue weighted by Crippen LogP contribution is 2.62. The van der Waals surface area contributed by atoms with Crippen molar-refractivity contribution in [1.82, 2.24) is 15.0 Å². The van der Waals surface area contributed by atoms with Gasteiger partial charge in [-0.05, 0) is 63.2 Å². The number of nitrogens with zero attached hydrogens (tertiary/aromatic N) is 3. The molecule has 9 aromatic carbocycles. The molecule has 3 heterocycles. The van der Waals surface area contributed by atoms with Crippen molar-refractivity contribution >= 4 is 21.9 Å². The standard InChI is InChI=1S/C58H35N3O2/c1-2-15-37(16-3-1)55-59-56(38-31-29-36(30-32-38)41-22-14-23-45-44-20-8-12-27-51(44)63-54(41)45)61-57(60-55)46-21-5-4-17-40(46)39-33-34-53-50(35-39)58(49-26-11-13-28-52(49)62-53)47-24-9-6-18-42(47)43-19-7-10-25-48(43)58/h1-35H. The predicted molar refractivity (Wildman–Crippen MR) is 252 cm³/mol. The Morgan fingerprint density at radius 2 is 0.841 bits per heavy atom. The Labute approximate surface area is 363 Å². The first-order valence-corrected chi connectivity index (χ1v) is 21.3. The second-order valence-corrected chi connectivity index (χ2v) is 16.2. The SMILES string of the molecule is c1ccc(-c2nc(-c3ccc(-c4cccc5c4oc4ccccc45)cc3)nc(-c3ccccc3-c3ccc4c(c3)C3(c5ccccc5O4)c4ccccc4-c4ccccc43)n2)cc1. The summed E-state index contributed by atoms with van der Waals surface area (Å²) in [6.07, 6.45) is 0. The lowest BCUT2D eigenvalue weighted by Crippen LogP contribution is -2.32. The van der Waals surface area contributed by atoms with Gasteiger partial charge >= 0.3 is 0 Å². The van der Waals surface area contributed by atoms with Crippen molar-refractivity contribution in [1.29, 1.82) is 0 Å². The number of rotatable bonds is 5. The molecule has 1 aliphatic heterocycles. The highest BCUT2D eigenvalue weighted by molar-refractivity contribution is 6.09. The fraction of sp³-hybridized carbons (Fsp3) is 0.0172. The van der Waals surface area contributed by atoms with Gasteiger partial charge in [-0.1, -0.05) is 188 Å². The van der Waals surface area contributed by atoms with Gasteiger partial charge in [-0.15, -0.1) is 0 Å². The van der Waals surface area contributed by atoms with Crippen molar-refractivity contribution in [2.45, 2.75) is 5.41 Å². The third kappa shape index (κ3) is 5.33. The van der Waals surface area contributed by atoms with Crippen molar-refractivity contribution in [2.24, 2.45) is 0 Å². The van der Waals surface area contributed by atoms with E-state index in [1.807, 2.05) is 42.5 Å². The summed E-state index contributed by atoms with van der Waals surface area (Å²) in [5.74, 6) is 3.51.